The van der Waals surface area contributed by atoms with Crippen LogP contribution >= 0.6 is 0 Å². The normalized spacial score (nSPS) is 12.1. The summed E-state index contributed by atoms with van der Waals surface area (Å²) in [6, 6.07) is -0.790. The molecule has 0 aromatic heterocycles. The number of amides is 1. The first-order valence-electron chi connectivity index (χ1n) is 14.6. The van der Waals surface area contributed by atoms with E-state index >= 15 is 0 Å². The lowest BCUT2D eigenvalue weighted by molar-refractivity contribution is -0.141. The van der Waals surface area contributed by atoms with E-state index in [0.29, 0.717) is 6.42 Å². The van der Waals surface area contributed by atoms with Crippen molar-refractivity contribution < 1.29 is 14.7 Å². The third-order valence-corrected chi connectivity index (χ3v) is 6.76. The summed E-state index contributed by atoms with van der Waals surface area (Å²) in [4.78, 5) is 22.3. The highest BCUT2D eigenvalue weighted by Crippen LogP contribution is 2.15. The van der Waals surface area contributed by atoms with E-state index < -0.39 is 12.0 Å². The largest absolute Gasteiger partial charge is 0.480 e. The summed E-state index contributed by atoms with van der Waals surface area (Å²) >= 11 is 0. The van der Waals surface area contributed by atoms with Crippen LogP contribution in [0.4, 0.5) is 0 Å². The predicted octanol–water partition coefficient (Wildman–Crippen LogP) is 8.96. The van der Waals surface area contributed by atoms with Gasteiger partial charge in [0.15, 0.2) is 0 Å². The van der Waals surface area contributed by atoms with E-state index in [9.17, 15) is 9.59 Å². The Morgan fingerprint density at radius 3 is 1.09 bits per heavy atom. The Hall–Kier alpha value is -1.06. The number of aliphatic carboxylic acids is 1. The lowest BCUT2D eigenvalue weighted by atomic mass is 10.0. The Kier molecular flexibility index (Phi) is 24.7. The van der Waals surface area contributed by atoms with Gasteiger partial charge in [-0.3, -0.25) is 9.59 Å². The molecule has 1 atom stereocenters. The average molecular weight is 468 g/mol. The van der Waals surface area contributed by atoms with Crippen LogP contribution in [0.2, 0.25) is 0 Å². The molecule has 2 N–H and O–H groups in total. The van der Waals surface area contributed by atoms with Crippen molar-refractivity contribution in [3.63, 3.8) is 0 Å². The van der Waals surface area contributed by atoms with E-state index in [1.54, 1.807) is 0 Å². The molecule has 0 rings (SSSR count). The summed E-state index contributed by atoms with van der Waals surface area (Å²) in [6.07, 6.45) is 31.7. The van der Waals surface area contributed by atoms with Gasteiger partial charge < -0.3 is 10.4 Å². The molecular formula is C29H57NO3. The van der Waals surface area contributed by atoms with Gasteiger partial charge in [0, 0.05) is 6.42 Å². The van der Waals surface area contributed by atoms with Gasteiger partial charge in [-0.2, -0.15) is 0 Å². The van der Waals surface area contributed by atoms with E-state index in [0.717, 1.165) is 12.8 Å². The maximum atomic E-state index is 11.6. The van der Waals surface area contributed by atoms with Crippen molar-refractivity contribution >= 4 is 11.9 Å². The van der Waals surface area contributed by atoms with Crippen molar-refractivity contribution in [2.75, 3.05) is 0 Å². The molecule has 0 unspecified atom stereocenters. The van der Waals surface area contributed by atoms with Crippen LogP contribution in [0, 0.1) is 0 Å². The topological polar surface area (TPSA) is 66.4 Å². The van der Waals surface area contributed by atoms with Crippen molar-refractivity contribution in [3.8, 4) is 0 Å². The SMILES string of the molecule is CCCCCCCCCCCCCCCCCCCCCCCCCC(=O)N[C@@H](C)C(=O)O. The van der Waals surface area contributed by atoms with Gasteiger partial charge in [0.05, 0.1) is 0 Å². The summed E-state index contributed by atoms with van der Waals surface area (Å²) < 4.78 is 0. The zero-order valence-corrected chi connectivity index (χ0v) is 22.3. The Bertz CT molecular complexity index is 439. The zero-order valence-electron chi connectivity index (χ0n) is 22.3. The van der Waals surface area contributed by atoms with Crippen molar-refractivity contribution in [2.45, 2.75) is 174 Å². The van der Waals surface area contributed by atoms with E-state index in [1.807, 2.05) is 0 Å². The summed E-state index contributed by atoms with van der Waals surface area (Å²) in [5.41, 5.74) is 0. The molecule has 196 valence electrons. The Morgan fingerprint density at radius 2 is 0.818 bits per heavy atom. The first-order valence-corrected chi connectivity index (χ1v) is 14.6. The van der Waals surface area contributed by atoms with Gasteiger partial charge in [-0.15, -0.1) is 0 Å². The van der Waals surface area contributed by atoms with Crippen LogP contribution < -0.4 is 5.32 Å². The molecule has 1 amide bonds. The molecule has 0 heterocycles. The number of carboxylic acid groups (broad SMARTS) is 1. The van der Waals surface area contributed by atoms with Gasteiger partial charge >= 0.3 is 5.97 Å². The van der Waals surface area contributed by atoms with Crippen LogP contribution in [0.25, 0.3) is 0 Å². The van der Waals surface area contributed by atoms with Crippen molar-refractivity contribution in [2.24, 2.45) is 0 Å². The van der Waals surface area contributed by atoms with Crippen molar-refractivity contribution in [1.29, 1.82) is 0 Å². The third-order valence-electron chi connectivity index (χ3n) is 6.76. The number of hydrogen-bond acceptors (Lipinski definition) is 2. The second-order valence-electron chi connectivity index (χ2n) is 10.2. The molecule has 0 aliphatic heterocycles. The number of rotatable bonds is 26. The third kappa shape index (κ3) is 25.4. The number of carboxylic acids is 1. The number of carbonyl (C=O) groups excluding carboxylic acids is 1. The molecule has 0 spiro atoms. The Labute approximate surface area is 206 Å². The average Bonchev–Trinajstić information content (AvgIpc) is 2.79. The summed E-state index contributed by atoms with van der Waals surface area (Å²) in [5, 5.41) is 11.3. The van der Waals surface area contributed by atoms with Gasteiger partial charge in [0.2, 0.25) is 5.91 Å². The van der Waals surface area contributed by atoms with Gasteiger partial charge in [-0.05, 0) is 13.3 Å². The lowest BCUT2D eigenvalue weighted by Crippen LogP contribution is -2.38. The number of carbonyl (C=O) groups is 2. The number of hydrogen-bond donors (Lipinski definition) is 2. The standard InChI is InChI=1S/C29H57NO3/c1-3-4-5-6-7-8-9-10-11-12-13-14-15-16-17-18-19-20-21-22-23-24-25-26-28(31)30-27(2)29(32)33/h27H,3-26H2,1-2H3,(H,30,31)(H,32,33)/t27-/m0/s1. The molecule has 0 aromatic rings. The first-order chi connectivity index (χ1) is 16.1. The minimum Gasteiger partial charge on any atom is -0.480 e. The van der Waals surface area contributed by atoms with Crippen LogP contribution in [0.5, 0.6) is 0 Å². The first kappa shape index (κ1) is 31.9. The predicted molar refractivity (Wildman–Crippen MR) is 142 cm³/mol. The summed E-state index contributed by atoms with van der Waals surface area (Å²) in [5.74, 6) is -1.12. The Balaban J connectivity index is 3.13. The lowest BCUT2D eigenvalue weighted by Gasteiger charge is -2.08. The highest BCUT2D eigenvalue weighted by atomic mass is 16.4. The zero-order chi connectivity index (χ0) is 24.4. The molecule has 0 radical (unpaired) electrons. The quantitative estimate of drug-likeness (QED) is 0.125. The van der Waals surface area contributed by atoms with Crippen molar-refractivity contribution in [3.05, 3.63) is 0 Å². The fraction of sp³-hybridized carbons (Fsp3) is 0.931. The molecule has 0 saturated carbocycles. The number of nitrogens with one attached hydrogen (secondary N) is 1. The second-order valence-corrected chi connectivity index (χ2v) is 10.2. The summed E-state index contributed by atoms with van der Waals surface area (Å²) in [6.45, 7) is 3.79. The fourth-order valence-electron chi connectivity index (χ4n) is 4.45. The fourth-order valence-corrected chi connectivity index (χ4v) is 4.45. The highest BCUT2D eigenvalue weighted by Gasteiger charge is 2.13. The van der Waals surface area contributed by atoms with Gasteiger partial charge in [-0.1, -0.05) is 148 Å². The molecule has 0 bridgehead atoms. The van der Waals surface area contributed by atoms with E-state index in [4.69, 9.17) is 5.11 Å². The van der Waals surface area contributed by atoms with Gasteiger partial charge in [0.1, 0.15) is 6.04 Å². The van der Waals surface area contributed by atoms with Crippen LogP contribution in [0.1, 0.15) is 168 Å². The molecule has 4 heteroatoms. The van der Waals surface area contributed by atoms with E-state index in [-0.39, 0.29) is 5.91 Å². The molecule has 0 aliphatic rings. The second kappa shape index (κ2) is 25.6. The molecule has 33 heavy (non-hydrogen) atoms. The highest BCUT2D eigenvalue weighted by molar-refractivity contribution is 5.83. The molecule has 0 fully saturated rings. The van der Waals surface area contributed by atoms with E-state index in [2.05, 4.69) is 12.2 Å². The van der Waals surface area contributed by atoms with Crippen LogP contribution in [-0.2, 0) is 9.59 Å². The van der Waals surface area contributed by atoms with E-state index in [1.165, 1.54) is 142 Å². The molecule has 0 saturated heterocycles. The molecule has 0 aromatic carbocycles. The van der Waals surface area contributed by atoms with Crippen LogP contribution in [-0.4, -0.2) is 23.0 Å². The minimum atomic E-state index is -0.979. The van der Waals surface area contributed by atoms with Gasteiger partial charge in [0.25, 0.3) is 0 Å². The van der Waals surface area contributed by atoms with Crippen LogP contribution in [0.3, 0.4) is 0 Å². The maximum Gasteiger partial charge on any atom is 0.325 e. The minimum absolute atomic E-state index is 0.145. The van der Waals surface area contributed by atoms with Gasteiger partial charge in [-0.25, -0.2) is 0 Å². The molecular weight excluding hydrogens is 410 g/mol. The monoisotopic (exact) mass is 467 g/mol. The molecule has 4 nitrogen and oxygen atoms in total. The molecule has 0 aliphatic carbocycles. The summed E-state index contributed by atoms with van der Waals surface area (Å²) in [7, 11) is 0. The number of unbranched alkanes of at least 4 members (excludes halogenated alkanes) is 22. The van der Waals surface area contributed by atoms with Crippen molar-refractivity contribution in [1.82, 2.24) is 5.32 Å². The maximum absolute atomic E-state index is 11.6. The van der Waals surface area contributed by atoms with Crippen LogP contribution in [0.15, 0.2) is 0 Å². The Morgan fingerprint density at radius 1 is 0.545 bits per heavy atom. The smallest absolute Gasteiger partial charge is 0.325 e.